The topological polar surface area (TPSA) is 48.5 Å². The first-order valence-corrected chi connectivity index (χ1v) is 18.5. The van der Waals surface area contributed by atoms with E-state index in [4.69, 9.17) is 21.8 Å². The van der Waals surface area contributed by atoms with Crippen molar-refractivity contribution in [2.45, 2.75) is 0 Å². The van der Waals surface area contributed by atoms with Crippen LogP contribution in [0.15, 0.2) is 200 Å². The van der Waals surface area contributed by atoms with Crippen molar-refractivity contribution < 1.29 is 6.85 Å². The predicted molar refractivity (Wildman–Crippen MR) is 230 cm³/mol. The molecule has 0 aliphatic rings. The molecule has 56 heavy (non-hydrogen) atoms. The summed E-state index contributed by atoms with van der Waals surface area (Å²) >= 11 is 0. The molecule has 262 valence electrons. The highest BCUT2D eigenvalue weighted by molar-refractivity contribution is 6.19. The van der Waals surface area contributed by atoms with Crippen molar-refractivity contribution in [2.75, 3.05) is 0 Å². The summed E-state index contributed by atoms with van der Waals surface area (Å²) in [5, 5.41) is 3.72. The van der Waals surface area contributed by atoms with Crippen LogP contribution in [0.25, 0.3) is 100 Å². The Hall–Kier alpha value is -7.63. The van der Waals surface area contributed by atoms with Crippen LogP contribution < -0.4 is 0 Å². The quantitative estimate of drug-likeness (QED) is 0.172. The smallest absolute Gasteiger partial charge is 0.238 e. The SMILES string of the molecule is [2H]c1c([2H])c([2H])c(-n2c3ccccc3c3cc4c5ccccc5n(-c5nc(-c6ccccc6)nc(-c6ccc(-c7cccc(-c8ccccc8)c7)cc6)n5)c4cc32)c([2H])c1[2H]. The number of hydrogen-bond donors (Lipinski definition) is 0. The third-order valence-corrected chi connectivity index (χ3v) is 10.5. The third kappa shape index (κ3) is 5.29. The van der Waals surface area contributed by atoms with E-state index in [9.17, 15) is 0 Å². The van der Waals surface area contributed by atoms with E-state index in [1.165, 1.54) is 0 Å². The van der Waals surface area contributed by atoms with Gasteiger partial charge in [-0.15, -0.1) is 0 Å². The highest BCUT2D eigenvalue weighted by atomic mass is 15.2. The summed E-state index contributed by atoms with van der Waals surface area (Å²) < 4.78 is 47.2. The fourth-order valence-electron chi connectivity index (χ4n) is 7.87. The van der Waals surface area contributed by atoms with Crippen molar-refractivity contribution >= 4 is 43.6 Å². The molecule has 0 atom stereocenters. The predicted octanol–water partition coefficient (Wildman–Crippen LogP) is 12.7. The van der Waals surface area contributed by atoms with Crippen molar-refractivity contribution in [1.29, 1.82) is 0 Å². The van der Waals surface area contributed by atoms with Gasteiger partial charge in [0.05, 0.1) is 28.9 Å². The molecule has 0 amide bonds. The van der Waals surface area contributed by atoms with Crippen LogP contribution in [0.4, 0.5) is 0 Å². The Morgan fingerprint density at radius 3 is 1.46 bits per heavy atom. The standard InChI is InChI=1S/C51H33N5/c1-4-15-34(16-5-1)38-19-14-20-39(31-38)35-27-29-37(30-28-35)50-52-49(36-17-6-2-7-18-36)53-51(54-50)56-46-26-13-11-24-42(46)44-32-43-41-23-10-12-25-45(41)55(47(43)33-48(44)56)40-21-8-3-9-22-40/h1-33H/i3D,8D,9D,21D,22D. The summed E-state index contributed by atoms with van der Waals surface area (Å²) in [4.78, 5) is 15.4. The van der Waals surface area contributed by atoms with Gasteiger partial charge in [-0.2, -0.15) is 9.97 Å². The van der Waals surface area contributed by atoms with Crippen LogP contribution in [-0.4, -0.2) is 24.1 Å². The molecule has 0 N–H and O–H groups in total. The van der Waals surface area contributed by atoms with Crippen LogP contribution in [0.5, 0.6) is 0 Å². The van der Waals surface area contributed by atoms with Gasteiger partial charge in [0.1, 0.15) is 0 Å². The molecule has 0 fully saturated rings. The summed E-state index contributed by atoms with van der Waals surface area (Å²) in [6.45, 7) is 0. The second-order valence-electron chi connectivity index (χ2n) is 13.7. The molecule has 3 aromatic heterocycles. The number of rotatable bonds is 6. The van der Waals surface area contributed by atoms with Crippen LogP contribution in [0.1, 0.15) is 6.85 Å². The molecule has 0 saturated carbocycles. The van der Waals surface area contributed by atoms with Gasteiger partial charge in [0.15, 0.2) is 11.6 Å². The molecule has 0 bridgehead atoms. The van der Waals surface area contributed by atoms with Crippen molar-refractivity contribution in [3.05, 3.63) is 200 Å². The first-order chi connectivity index (χ1) is 29.8. The van der Waals surface area contributed by atoms with Gasteiger partial charge in [-0.1, -0.05) is 158 Å². The lowest BCUT2D eigenvalue weighted by atomic mass is 9.98. The summed E-state index contributed by atoms with van der Waals surface area (Å²) in [7, 11) is 0. The third-order valence-electron chi connectivity index (χ3n) is 10.5. The van der Waals surface area contributed by atoms with Crippen LogP contribution in [0.2, 0.25) is 0 Å². The lowest BCUT2D eigenvalue weighted by Gasteiger charge is -2.12. The van der Waals surface area contributed by atoms with Crippen LogP contribution in [0.3, 0.4) is 0 Å². The highest BCUT2D eigenvalue weighted by Crippen LogP contribution is 2.39. The summed E-state index contributed by atoms with van der Waals surface area (Å²) in [5.41, 5.74) is 9.31. The zero-order valence-electron chi connectivity index (χ0n) is 34.9. The zero-order chi connectivity index (χ0) is 41.4. The van der Waals surface area contributed by atoms with Gasteiger partial charge in [0, 0.05) is 38.4 Å². The van der Waals surface area contributed by atoms with Gasteiger partial charge >= 0.3 is 0 Å². The van der Waals surface area contributed by atoms with E-state index >= 15 is 0 Å². The van der Waals surface area contributed by atoms with E-state index in [2.05, 4.69) is 60.7 Å². The Morgan fingerprint density at radius 1 is 0.339 bits per heavy atom. The largest absolute Gasteiger partial charge is 0.309 e. The molecular weight excluding hydrogens is 683 g/mol. The Balaban J connectivity index is 1.14. The van der Waals surface area contributed by atoms with E-state index in [1.54, 1.807) is 4.57 Å². The van der Waals surface area contributed by atoms with E-state index < -0.39 is 18.1 Å². The molecular formula is C51H33N5. The molecule has 11 rings (SSSR count). The van der Waals surface area contributed by atoms with Crippen LogP contribution >= 0.6 is 0 Å². The molecule has 0 aliphatic heterocycles. The lowest BCUT2D eigenvalue weighted by Crippen LogP contribution is -2.06. The number of para-hydroxylation sites is 3. The number of hydrogen-bond acceptors (Lipinski definition) is 3. The number of benzene rings is 8. The fraction of sp³-hybridized carbons (Fsp3) is 0. The first-order valence-electron chi connectivity index (χ1n) is 21.0. The maximum atomic E-state index is 8.98. The minimum atomic E-state index is -0.436. The minimum Gasteiger partial charge on any atom is -0.309 e. The average molecular weight is 721 g/mol. The Morgan fingerprint density at radius 2 is 0.821 bits per heavy atom. The number of aromatic nitrogens is 5. The van der Waals surface area contributed by atoms with Gasteiger partial charge in [-0.25, -0.2) is 4.98 Å². The van der Waals surface area contributed by atoms with Gasteiger partial charge in [0.2, 0.25) is 5.95 Å². The molecule has 11 aromatic rings. The molecule has 8 aromatic carbocycles. The van der Waals surface area contributed by atoms with Gasteiger partial charge < -0.3 is 4.57 Å². The van der Waals surface area contributed by atoms with Crippen molar-refractivity contribution in [3.63, 3.8) is 0 Å². The average Bonchev–Trinajstić information content (AvgIpc) is 3.82. The van der Waals surface area contributed by atoms with E-state index in [0.717, 1.165) is 71.5 Å². The maximum Gasteiger partial charge on any atom is 0.238 e. The minimum absolute atomic E-state index is 0.0864. The molecule has 0 unspecified atom stereocenters. The van der Waals surface area contributed by atoms with Gasteiger partial charge in [-0.05, 0) is 64.7 Å². The normalized spacial score (nSPS) is 12.8. The zero-order valence-corrected chi connectivity index (χ0v) is 29.9. The molecule has 5 heteroatoms. The highest BCUT2D eigenvalue weighted by Gasteiger charge is 2.21. The molecule has 0 saturated heterocycles. The van der Waals surface area contributed by atoms with Crippen molar-refractivity contribution in [2.24, 2.45) is 0 Å². The van der Waals surface area contributed by atoms with Crippen molar-refractivity contribution in [1.82, 2.24) is 24.1 Å². The summed E-state index contributed by atoms with van der Waals surface area (Å²) in [6.07, 6.45) is 0. The molecule has 0 radical (unpaired) electrons. The van der Waals surface area contributed by atoms with Gasteiger partial charge in [0.25, 0.3) is 0 Å². The summed E-state index contributed by atoms with van der Waals surface area (Å²) in [5.74, 6) is 1.44. The molecule has 0 aliphatic carbocycles. The maximum absolute atomic E-state index is 8.98. The second kappa shape index (κ2) is 13.0. The molecule has 0 spiro atoms. The van der Waals surface area contributed by atoms with Gasteiger partial charge in [-0.3, -0.25) is 4.57 Å². The van der Waals surface area contributed by atoms with E-state index in [0.29, 0.717) is 23.1 Å². The number of nitrogens with zero attached hydrogens (tertiary/aromatic N) is 5. The second-order valence-corrected chi connectivity index (χ2v) is 13.7. The molecule has 5 nitrogen and oxygen atoms in total. The van der Waals surface area contributed by atoms with Crippen LogP contribution in [-0.2, 0) is 0 Å². The monoisotopic (exact) mass is 720 g/mol. The van der Waals surface area contributed by atoms with Crippen LogP contribution in [0, 0.1) is 0 Å². The Kier molecular flexibility index (Phi) is 6.29. The fourth-order valence-corrected chi connectivity index (χ4v) is 7.87. The lowest BCUT2D eigenvalue weighted by molar-refractivity contribution is 0.953. The molecule has 3 heterocycles. The van der Waals surface area contributed by atoms with Crippen molar-refractivity contribution in [3.8, 4) is 56.7 Å². The summed E-state index contributed by atoms with van der Waals surface area (Å²) in [6, 6.07) is 55.3. The Labute approximate surface area is 330 Å². The Bertz CT molecular complexity index is 3500. The number of fused-ring (bicyclic) bond motifs is 6. The first kappa shape index (κ1) is 27.0. The van der Waals surface area contributed by atoms with E-state index in [-0.39, 0.29) is 17.8 Å². The van der Waals surface area contributed by atoms with E-state index in [1.807, 2.05) is 114 Å².